The van der Waals surface area contributed by atoms with E-state index in [0.717, 1.165) is 36.6 Å². The number of nitrogens with zero attached hydrogens (tertiary/aromatic N) is 1. The van der Waals surface area contributed by atoms with E-state index in [9.17, 15) is 0 Å². The Kier molecular flexibility index (Phi) is 2.89. The van der Waals surface area contributed by atoms with E-state index in [1.807, 2.05) is 0 Å². The van der Waals surface area contributed by atoms with Crippen molar-refractivity contribution >= 4 is 0 Å². The molecule has 124 valence electrons. The molecule has 2 heterocycles. The molecule has 0 N–H and O–H groups in total. The number of hydrogen-bond acceptors (Lipinski definition) is 4. The minimum atomic E-state index is 0.310. The van der Waals surface area contributed by atoms with Crippen LogP contribution in [0.25, 0.3) is 11.1 Å². The quantitative estimate of drug-likeness (QED) is 0.804. The Morgan fingerprint density at radius 2 is 2.04 bits per heavy atom. The molecule has 1 aliphatic carbocycles. The molecule has 0 saturated carbocycles. The van der Waals surface area contributed by atoms with Gasteiger partial charge in [-0.3, -0.25) is 4.90 Å². The van der Waals surface area contributed by atoms with Crippen molar-refractivity contribution in [3.05, 3.63) is 40.5 Å². The summed E-state index contributed by atoms with van der Waals surface area (Å²) in [7, 11) is 3.96. The van der Waals surface area contributed by atoms with E-state index >= 15 is 0 Å². The molecule has 4 heteroatoms. The van der Waals surface area contributed by atoms with Crippen LogP contribution < -0.4 is 14.2 Å². The van der Waals surface area contributed by atoms with Crippen molar-refractivity contribution in [3.8, 4) is 28.4 Å². The van der Waals surface area contributed by atoms with Crippen LogP contribution in [0.2, 0.25) is 0 Å². The topological polar surface area (TPSA) is 30.9 Å². The SMILES string of the molecule is COc1ccc2c(c1C)-c1c3c(cc4c1C(C2)N(C)CC4)OCO3. The smallest absolute Gasteiger partial charge is 0.231 e. The summed E-state index contributed by atoms with van der Waals surface area (Å²) in [5, 5.41) is 0. The second-order valence-corrected chi connectivity index (χ2v) is 6.94. The average molecular weight is 323 g/mol. The van der Waals surface area contributed by atoms with E-state index in [0.29, 0.717) is 12.8 Å². The highest BCUT2D eigenvalue weighted by atomic mass is 16.7. The second-order valence-electron chi connectivity index (χ2n) is 6.94. The first-order valence-electron chi connectivity index (χ1n) is 8.51. The minimum absolute atomic E-state index is 0.310. The van der Waals surface area contributed by atoms with Gasteiger partial charge < -0.3 is 14.2 Å². The predicted molar refractivity (Wildman–Crippen MR) is 92.1 cm³/mol. The molecule has 4 nitrogen and oxygen atoms in total. The van der Waals surface area contributed by atoms with Crippen molar-refractivity contribution in [1.82, 2.24) is 4.90 Å². The van der Waals surface area contributed by atoms with Gasteiger partial charge in [-0.1, -0.05) is 6.07 Å². The van der Waals surface area contributed by atoms with Crippen LogP contribution in [0.3, 0.4) is 0 Å². The number of ether oxygens (including phenoxy) is 3. The molecular weight excluding hydrogens is 302 g/mol. The lowest BCUT2D eigenvalue weighted by Crippen LogP contribution is -2.35. The fourth-order valence-electron chi connectivity index (χ4n) is 4.57. The molecule has 0 spiro atoms. The van der Waals surface area contributed by atoms with E-state index in [4.69, 9.17) is 14.2 Å². The zero-order valence-electron chi connectivity index (χ0n) is 14.3. The Morgan fingerprint density at radius 3 is 2.88 bits per heavy atom. The summed E-state index contributed by atoms with van der Waals surface area (Å²) in [6.07, 6.45) is 2.10. The summed E-state index contributed by atoms with van der Waals surface area (Å²) >= 11 is 0. The largest absolute Gasteiger partial charge is 0.496 e. The maximum absolute atomic E-state index is 5.91. The van der Waals surface area contributed by atoms with Crippen LogP contribution in [-0.2, 0) is 12.8 Å². The number of hydrogen-bond donors (Lipinski definition) is 0. The summed E-state index contributed by atoms with van der Waals surface area (Å²) in [6, 6.07) is 6.91. The molecule has 2 aromatic rings. The van der Waals surface area contributed by atoms with E-state index in [1.165, 1.54) is 33.4 Å². The third-order valence-electron chi connectivity index (χ3n) is 5.77. The molecular formula is C20H21NO3. The normalized spacial score (nSPS) is 20.5. The third-order valence-corrected chi connectivity index (χ3v) is 5.77. The first-order chi connectivity index (χ1) is 11.7. The highest BCUT2D eigenvalue weighted by molar-refractivity contribution is 5.86. The van der Waals surface area contributed by atoms with E-state index < -0.39 is 0 Å². The molecule has 0 radical (unpaired) electrons. The molecule has 2 aliphatic heterocycles. The van der Waals surface area contributed by atoms with Crippen LogP contribution in [0.5, 0.6) is 17.2 Å². The van der Waals surface area contributed by atoms with E-state index in [1.54, 1.807) is 7.11 Å². The van der Waals surface area contributed by atoms with Crippen molar-refractivity contribution in [2.45, 2.75) is 25.8 Å². The molecule has 1 unspecified atom stereocenters. The zero-order valence-corrected chi connectivity index (χ0v) is 14.3. The van der Waals surface area contributed by atoms with Gasteiger partial charge in [-0.2, -0.15) is 0 Å². The van der Waals surface area contributed by atoms with Crippen molar-refractivity contribution < 1.29 is 14.2 Å². The van der Waals surface area contributed by atoms with E-state index in [-0.39, 0.29) is 0 Å². The lowest BCUT2D eigenvalue weighted by Gasteiger charge is -2.40. The van der Waals surface area contributed by atoms with Gasteiger partial charge in [0.05, 0.1) is 7.11 Å². The van der Waals surface area contributed by atoms with Crippen molar-refractivity contribution in [2.75, 3.05) is 27.5 Å². The second kappa shape index (κ2) is 4.90. The molecule has 3 aliphatic rings. The molecule has 24 heavy (non-hydrogen) atoms. The first-order valence-corrected chi connectivity index (χ1v) is 8.51. The third kappa shape index (κ3) is 1.72. The number of fused-ring (bicyclic) bond motifs is 4. The Hall–Kier alpha value is -2.20. The monoisotopic (exact) mass is 323 g/mol. The standard InChI is InChI=1S/C20H21NO3/c1-11-15(22-3)5-4-12-8-14-18-13(6-7-21(14)2)9-16-20(24-10-23-16)19(18)17(11)12/h4-5,9,14H,6-8,10H2,1-3H3. The van der Waals surface area contributed by atoms with Gasteiger partial charge in [0.1, 0.15) is 5.75 Å². The van der Waals surface area contributed by atoms with Gasteiger partial charge >= 0.3 is 0 Å². The first kappa shape index (κ1) is 14.2. The van der Waals surface area contributed by atoms with Crippen molar-refractivity contribution in [1.29, 1.82) is 0 Å². The van der Waals surface area contributed by atoms with E-state index in [2.05, 4.69) is 37.1 Å². The van der Waals surface area contributed by atoms with Crippen LogP contribution in [0.15, 0.2) is 18.2 Å². The molecule has 0 aromatic heterocycles. The number of methoxy groups -OCH3 is 1. The van der Waals surface area contributed by atoms with Gasteiger partial charge in [-0.25, -0.2) is 0 Å². The van der Waals surface area contributed by atoms with Gasteiger partial charge in [0.2, 0.25) is 6.79 Å². The Morgan fingerprint density at radius 1 is 1.17 bits per heavy atom. The number of benzene rings is 2. The fraction of sp³-hybridized carbons (Fsp3) is 0.400. The molecule has 2 aromatic carbocycles. The molecule has 0 bridgehead atoms. The van der Waals surface area contributed by atoms with Crippen LogP contribution in [0, 0.1) is 6.92 Å². The maximum atomic E-state index is 5.91. The van der Waals surface area contributed by atoms with Gasteiger partial charge in [0, 0.05) is 18.2 Å². The molecule has 0 fully saturated rings. The Bertz CT molecular complexity index is 859. The highest BCUT2D eigenvalue weighted by Crippen LogP contribution is 2.55. The fourth-order valence-corrected chi connectivity index (χ4v) is 4.57. The molecule has 0 amide bonds. The number of rotatable bonds is 1. The lowest BCUT2D eigenvalue weighted by atomic mass is 9.75. The number of likely N-dealkylation sites (N-methyl/N-ethyl adjacent to an activating group) is 1. The highest BCUT2D eigenvalue weighted by Gasteiger charge is 2.38. The van der Waals surface area contributed by atoms with Crippen LogP contribution in [-0.4, -0.2) is 32.4 Å². The summed E-state index contributed by atoms with van der Waals surface area (Å²) in [5.41, 5.74) is 7.90. The summed E-state index contributed by atoms with van der Waals surface area (Å²) in [6.45, 7) is 3.54. The van der Waals surface area contributed by atoms with Gasteiger partial charge in [-0.05, 0) is 66.8 Å². The maximum Gasteiger partial charge on any atom is 0.231 e. The van der Waals surface area contributed by atoms with Gasteiger partial charge in [0.25, 0.3) is 0 Å². The molecule has 0 saturated heterocycles. The molecule has 5 rings (SSSR count). The average Bonchev–Trinajstić information content (AvgIpc) is 3.06. The zero-order chi connectivity index (χ0) is 16.4. The minimum Gasteiger partial charge on any atom is -0.496 e. The molecule has 1 atom stereocenters. The van der Waals surface area contributed by atoms with Crippen LogP contribution >= 0.6 is 0 Å². The van der Waals surface area contributed by atoms with Crippen LogP contribution in [0.4, 0.5) is 0 Å². The van der Waals surface area contributed by atoms with Crippen molar-refractivity contribution in [3.63, 3.8) is 0 Å². The summed E-state index contributed by atoms with van der Waals surface area (Å²) in [5.74, 6) is 2.73. The predicted octanol–water partition coefficient (Wildman–Crippen LogP) is 3.48. The van der Waals surface area contributed by atoms with Crippen molar-refractivity contribution in [2.24, 2.45) is 0 Å². The van der Waals surface area contributed by atoms with Gasteiger partial charge in [0.15, 0.2) is 11.5 Å². The van der Waals surface area contributed by atoms with Crippen LogP contribution in [0.1, 0.15) is 28.3 Å². The Labute approximate surface area is 141 Å². The summed E-state index contributed by atoms with van der Waals surface area (Å²) in [4.78, 5) is 2.47. The lowest BCUT2D eigenvalue weighted by molar-refractivity contribution is 0.174. The van der Waals surface area contributed by atoms with Gasteiger partial charge in [-0.15, -0.1) is 0 Å². The Balaban J connectivity index is 1.88. The summed E-state index contributed by atoms with van der Waals surface area (Å²) < 4.78 is 17.2.